The van der Waals surface area contributed by atoms with Crippen molar-refractivity contribution in [3.8, 4) is 6.07 Å². The van der Waals surface area contributed by atoms with Gasteiger partial charge in [-0.1, -0.05) is 44.2 Å². The number of carbonyl (C=O) groups is 1. The molecule has 1 N–H and O–H groups in total. The summed E-state index contributed by atoms with van der Waals surface area (Å²) in [5, 5.41) is 11.8. The van der Waals surface area contributed by atoms with E-state index in [1.165, 1.54) is 32.1 Å². The Bertz CT molecular complexity index is 465. The van der Waals surface area contributed by atoms with Crippen molar-refractivity contribution in [3.05, 3.63) is 35.4 Å². The number of benzene rings is 1. The molecular formula is C17H22N2O. The molecule has 2 rings (SSSR count). The number of nitrogens with one attached hydrogen (secondary N) is 1. The number of hydrogen-bond donors (Lipinski definition) is 1. The topological polar surface area (TPSA) is 52.9 Å². The molecule has 20 heavy (non-hydrogen) atoms. The molecule has 0 bridgehead atoms. The maximum Gasteiger partial charge on any atom is 0.251 e. The monoisotopic (exact) mass is 270 g/mol. The number of amides is 1. The molecule has 1 aromatic carbocycles. The quantitative estimate of drug-likeness (QED) is 0.912. The summed E-state index contributed by atoms with van der Waals surface area (Å²) in [5.74, 6) is 0.0130. The molecule has 3 nitrogen and oxygen atoms in total. The van der Waals surface area contributed by atoms with Crippen LogP contribution in [0.3, 0.4) is 0 Å². The Morgan fingerprint density at radius 2 is 1.70 bits per heavy atom. The molecule has 0 spiro atoms. The van der Waals surface area contributed by atoms with E-state index in [0.717, 1.165) is 18.4 Å². The minimum atomic E-state index is 0.0130. The minimum Gasteiger partial charge on any atom is -0.349 e. The summed E-state index contributed by atoms with van der Waals surface area (Å²) in [5.41, 5.74) is 1.64. The number of carbonyl (C=O) groups excluding carboxylic acids is 1. The van der Waals surface area contributed by atoms with Crippen LogP contribution in [0.15, 0.2) is 24.3 Å². The molecule has 1 aromatic rings. The third-order valence-electron chi connectivity index (χ3n) is 3.94. The molecule has 1 saturated carbocycles. The second-order valence-corrected chi connectivity index (χ2v) is 5.55. The van der Waals surface area contributed by atoms with Crippen molar-refractivity contribution in [1.29, 1.82) is 5.26 Å². The van der Waals surface area contributed by atoms with Crippen LogP contribution < -0.4 is 5.32 Å². The Morgan fingerprint density at radius 1 is 1.10 bits per heavy atom. The molecule has 0 radical (unpaired) electrons. The first-order chi connectivity index (χ1) is 9.79. The molecule has 0 atom stereocenters. The van der Waals surface area contributed by atoms with Crippen LogP contribution in [0.4, 0.5) is 0 Å². The lowest BCUT2D eigenvalue weighted by Crippen LogP contribution is -2.35. The normalized spacial score (nSPS) is 16.8. The van der Waals surface area contributed by atoms with Crippen LogP contribution in [0.25, 0.3) is 0 Å². The fraction of sp³-hybridized carbons (Fsp3) is 0.529. The predicted octanol–water partition coefficient (Wildman–Crippen LogP) is 3.60. The Morgan fingerprint density at radius 3 is 2.30 bits per heavy atom. The first-order valence-electron chi connectivity index (χ1n) is 7.56. The van der Waals surface area contributed by atoms with Crippen molar-refractivity contribution in [2.75, 3.05) is 0 Å². The summed E-state index contributed by atoms with van der Waals surface area (Å²) in [4.78, 5) is 12.2. The molecule has 3 heteroatoms. The zero-order chi connectivity index (χ0) is 14.2. The molecule has 0 aromatic heterocycles. The van der Waals surface area contributed by atoms with Gasteiger partial charge in [-0.25, -0.2) is 0 Å². The Hall–Kier alpha value is -1.82. The Kier molecular flexibility index (Phi) is 5.61. The standard InChI is InChI=1S/C17H22N2O/c18-13-12-14-8-10-15(11-9-14)17(20)19-16-6-4-2-1-3-5-7-16/h8-11,16H,1-7,12H2,(H,19,20). The van der Waals surface area contributed by atoms with Gasteiger partial charge in [0.1, 0.15) is 0 Å². The van der Waals surface area contributed by atoms with E-state index >= 15 is 0 Å². The van der Waals surface area contributed by atoms with Gasteiger partial charge in [0.05, 0.1) is 12.5 Å². The molecule has 0 saturated heterocycles. The molecule has 1 amide bonds. The summed E-state index contributed by atoms with van der Waals surface area (Å²) in [7, 11) is 0. The lowest BCUT2D eigenvalue weighted by molar-refractivity contribution is 0.0930. The summed E-state index contributed by atoms with van der Waals surface area (Å²) in [6.07, 6.45) is 8.92. The van der Waals surface area contributed by atoms with Crippen molar-refractivity contribution in [1.82, 2.24) is 5.32 Å². The highest BCUT2D eigenvalue weighted by molar-refractivity contribution is 5.94. The maximum absolute atomic E-state index is 12.2. The van der Waals surface area contributed by atoms with Gasteiger partial charge in [-0.2, -0.15) is 5.26 Å². The van der Waals surface area contributed by atoms with E-state index in [1.807, 2.05) is 24.3 Å². The number of nitrogens with zero attached hydrogens (tertiary/aromatic N) is 1. The minimum absolute atomic E-state index is 0.0130. The van der Waals surface area contributed by atoms with Crippen molar-refractivity contribution < 1.29 is 4.79 Å². The third-order valence-corrected chi connectivity index (χ3v) is 3.94. The van der Waals surface area contributed by atoms with Crippen molar-refractivity contribution in [3.63, 3.8) is 0 Å². The van der Waals surface area contributed by atoms with E-state index in [9.17, 15) is 4.79 Å². The van der Waals surface area contributed by atoms with E-state index in [0.29, 0.717) is 18.0 Å². The lowest BCUT2D eigenvalue weighted by atomic mass is 9.96. The summed E-state index contributed by atoms with van der Waals surface area (Å²) in [6.45, 7) is 0. The van der Waals surface area contributed by atoms with Gasteiger partial charge in [0.15, 0.2) is 0 Å². The van der Waals surface area contributed by atoms with Crippen LogP contribution in [0, 0.1) is 11.3 Å². The molecule has 1 aliphatic carbocycles. The number of nitriles is 1. The molecule has 1 aliphatic rings. The molecule has 0 unspecified atom stereocenters. The van der Waals surface area contributed by atoms with E-state index in [-0.39, 0.29) is 5.91 Å². The smallest absolute Gasteiger partial charge is 0.251 e. The summed E-state index contributed by atoms with van der Waals surface area (Å²) < 4.78 is 0. The highest BCUT2D eigenvalue weighted by atomic mass is 16.1. The summed E-state index contributed by atoms with van der Waals surface area (Å²) >= 11 is 0. The molecule has 1 fully saturated rings. The lowest BCUT2D eigenvalue weighted by Gasteiger charge is -2.21. The van der Waals surface area contributed by atoms with Gasteiger partial charge in [-0.3, -0.25) is 4.79 Å². The second kappa shape index (κ2) is 7.69. The van der Waals surface area contributed by atoms with Crippen molar-refractivity contribution >= 4 is 5.91 Å². The molecule has 106 valence electrons. The van der Waals surface area contributed by atoms with Gasteiger partial charge in [0.2, 0.25) is 0 Å². The van der Waals surface area contributed by atoms with Crippen LogP contribution in [0.2, 0.25) is 0 Å². The molecule has 0 aliphatic heterocycles. The highest BCUT2D eigenvalue weighted by Gasteiger charge is 2.14. The SMILES string of the molecule is N#CCc1ccc(C(=O)NC2CCCCCCC2)cc1. The Labute approximate surface area is 121 Å². The maximum atomic E-state index is 12.2. The van der Waals surface area contributed by atoms with Gasteiger partial charge >= 0.3 is 0 Å². The first-order valence-corrected chi connectivity index (χ1v) is 7.56. The van der Waals surface area contributed by atoms with E-state index in [1.54, 1.807) is 0 Å². The van der Waals surface area contributed by atoms with Crippen molar-refractivity contribution in [2.24, 2.45) is 0 Å². The van der Waals surface area contributed by atoms with Gasteiger partial charge in [0.25, 0.3) is 5.91 Å². The fourth-order valence-electron chi connectivity index (χ4n) is 2.73. The van der Waals surface area contributed by atoms with Crippen LogP contribution >= 0.6 is 0 Å². The summed E-state index contributed by atoms with van der Waals surface area (Å²) in [6, 6.07) is 9.77. The van der Waals surface area contributed by atoms with Crippen LogP contribution in [-0.4, -0.2) is 11.9 Å². The van der Waals surface area contributed by atoms with Crippen LogP contribution in [0.5, 0.6) is 0 Å². The van der Waals surface area contributed by atoms with E-state index < -0.39 is 0 Å². The van der Waals surface area contributed by atoms with Crippen LogP contribution in [0.1, 0.15) is 60.9 Å². The first kappa shape index (κ1) is 14.6. The Balaban J connectivity index is 1.91. The second-order valence-electron chi connectivity index (χ2n) is 5.55. The van der Waals surface area contributed by atoms with E-state index in [2.05, 4.69) is 11.4 Å². The van der Waals surface area contributed by atoms with Gasteiger partial charge in [-0.05, 0) is 30.5 Å². The van der Waals surface area contributed by atoms with Crippen molar-refractivity contribution in [2.45, 2.75) is 57.4 Å². The van der Waals surface area contributed by atoms with Gasteiger partial charge < -0.3 is 5.32 Å². The zero-order valence-corrected chi connectivity index (χ0v) is 11.9. The largest absolute Gasteiger partial charge is 0.349 e. The molecule has 0 heterocycles. The molecular weight excluding hydrogens is 248 g/mol. The third kappa shape index (κ3) is 4.38. The van der Waals surface area contributed by atoms with Gasteiger partial charge in [0, 0.05) is 11.6 Å². The van der Waals surface area contributed by atoms with Crippen LogP contribution in [-0.2, 0) is 6.42 Å². The van der Waals surface area contributed by atoms with E-state index in [4.69, 9.17) is 5.26 Å². The fourth-order valence-corrected chi connectivity index (χ4v) is 2.73. The average Bonchev–Trinajstić information content (AvgIpc) is 2.43. The average molecular weight is 270 g/mol. The zero-order valence-electron chi connectivity index (χ0n) is 11.9. The predicted molar refractivity (Wildman–Crippen MR) is 79.3 cm³/mol. The number of hydrogen-bond acceptors (Lipinski definition) is 2. The highest BCUT2D eigenvalue weighted by Crippen LogP contribution is 2.17. The van der Waals surface area contributed by atoms with Gasteiger partial charge in [-0.15, -0.1) is 0 Å². The number of rotatable bonds is 3.